The molecule has 5 heteroatoms. The van der Waals surface area contributed by atoms with E-state index in [-0.39, 0.29) is 16.9 Å². The van der Waals surface area contributed by atoms with Crippen molar-refractivity contribution >= 4 is 10.4 Å². The maximum Gasteiger partial charge on any atom is 0.397 e. The molecule has 2 fully saturated rings. The predicted molar refractivity (Wildman–Crippen MR) is 55.7 cm³/mol. The van der Waals surface area contributed by atoms with E-state index in [0.717, 1.165) is 19.3 Å². The summed E-state index contributed by atoms with van der Waals surface area (Å²) in [6.07, 6.45) is 2.49. The molecule has 0 aromatic heterocycles. The fourth-order valence-corrected chi connectivity index (χ4v) is 4.01. The van der Waals surface area contributed by atoms with Crippen LogP contribution in [0.15, 0.2) is 0 Å². The summed E-state index contributed by atoms with van der Waals surface area (Å²) in [5.41, 5.74) is -0.0319. The Labute approximate surface area is 91.0 Å². The average molecular weight is 234 g/mol. The minimum atomic E-state index is -4.32. The molecule has 4 nitrogen and oxygen atoms in total. The van der Waals surface area contributed by atoms with Gasteiger partial charge in [0.05, 0.1) is 6.10 Å². The Kier molecular flexibility index (Phi) is 2.24. The number of hydrogen-bond acceptors (Lipinski definition) is 3. The Morgan fingerprint density at radius 2 is 1.93 bits per heavy atom. The highest BCUT2D eigenvalue weighted by molar-refractivity contribution is 7.80. The molecule has 0 radical (unpaired) electrons. The second-order valence-electron chi connectivity index (χ2n) is 5.62. The van der Waals surface area contributed by atoms with Gasteiger partial charge in [-0.3, -0.25) is 4.55 Å². The van der Waals surface area contributed by atoms with Crippen LogP contribution in [0, 0.1) is 16.7 Å². The standard InChI is InChI=1S/C10H18O4S/c1-9(2)7-4-5-10(9,3)8(6-7)14-15(11,12)13/h7-8H,4-6H2,1-3H3,(H,11,12,13)/t7-,8+,10+/m0/s1. The largest absolute Gasteiger partial charge is 0.397 e. The molecule has 3 atom stereocenters. The smallest absolute Gasteiger partial charge is 0.264 e. The molecular formula is C10H18O4S. The third-order valence-corrected chi connectivity index (χ3v) is 5.43. The first-order chi connectivity index (χ1) is 6.67. The van der Waals surface area contributed by atoms with Crippen molar-refractivity contribution in [3.63, 3.8) is 0 Å². The van der Waals surface area contributed by atoms with Crippen LogP contribution in [0.25, 0.3) is 0 Å². The normalized spacial score (nSPS) is 43.5. The van der Waals surface area contributed by atoms with Crippen molar-refractivity contribution in [2.75, 3.05) is 0 Å². The van der Waals surface area contributed by atoms with Crippen LogP contribution in [0.5, 0.6) is 0 Å². The maximum atomic E-state index is 10.8. The second-order valence-corrected chi connectivity index (χ2v) is 6.67. The minimum Gasteiger partial charge on any atom is -0.264 e. The summed E-state index contributed by atoms with van der Waals surface area (Å²) in [6.45, 7) is 6.39. The topological polar surface area (TPSA) is 63.6 Å². The van der Waals surface area contributed by atoms with Crippen molar-refractivity contribution in [2.24, 2.45) is 16.7 Å². The summed E-state index contributed by atoms with van der Waals surface area (Å²) < 4.78 is 35.0. The highest BCUT2D eigenvalue weighted by Crippen LogP contribution is 2.66. The molecule has 0 amide bonds. The molecule has 2 rings (SSSR count). The monoisotopic (exact) mass is 234 g/mol. The van der Waals surface area contributed by atoms with Crippen molar-refractivity contribution in [3.8, 4) is 0 Å². The number of fused-ring (bicyclic) bond motifs is 2. The molecule has 0 aromatic rings. The minimum absolute atomic E-state index is 0.0996. The molecule has 0 aliphatic heterocycles. The molecular weight excluding hydrogens is 216 g/mol. The molecule has 0 aromatic carbocycles. The van der Waals surface area contributed by atoms with Crippen molar-refractivity contribution in [1.29, 1.82) is 0 Å². The molecule has 88 valence electrons. The lowest BCUT2D eigenvalue weighted by Crippen LogP contribution is -2.38. The zero-order chi connectivity index (χ0) is 11.5. The first-order valence-electron chi connectivity index (χ1n) is 5.32. The van der Waals surface area contributed by atoms with E-state index in [0.29, 0.717) is 5.92 Å². The molecule has 0 heterocycles. The zero-order valence-electron chi connectivity index (χ0n) is 9.36. The summed E-state index contributed by atoms with van der Waals surface area (Å²) in [5.74, 6) is 0.509. The second kappa shape index (κ2) is 2.96. The molecule has 2 bridgehead atoms. The van der Waals surface area contributed by atoms with Gasteiger partial charge in [-0.2, -0.15) is 8.42 Å². The van der Waals surface area contributed by atoms with Gasteiger partial charge in [0.25, 0.3) is 0 Å². The first kappa shape index (κ1) is 11.4. The summed E-state index contributed by atoms with van der Waals surface area (Å²) in [4.78, 5) is 0. The van der Waals surface area contributed by atoms with E-state index in [1.807, 2.05) is 0 Å². The lowest BCUT2D eigenvalue weighted by molar-refractivity contribution is 0.0271. The zero-order valence-corrected chi connectivity index (χ0v) is 10.2. The molecule has 0 spiro atoms. The third kappa shape index (κ3) is 1.52. The van der Waals surface area contributed by atoms with Crippen LogP contribution in [-0.2, 0) is 14.6 Å². The Hall–Kier alpha value is -0.130. The van der Waals surface area contributed by atoms with E-state index in [9.17, 15) is 8.42 Å². The molecule has 2 saturated carbocycles. The highest BCUT2D eigenvalue weighted by Gasteiger charge is 2.62. The highest BCUT2D eigenvalue weighted by atomic mass is 32.3. The average Bonchev–Trinajstić information content (AvgIpc) is 2.34. The van der Waals surface area contributed by atoms with Crippen molar-refractivity contribution in [1.82, 2.24) is 0 Å². The van der Waals surface area contributed by atoms with Gasteiger partial charge in [0.15, 0.2) is 0 Å². The van der Waals surface area contributed by atoms with Crippen molar-refractivity contribution in [3.05, 3.63) is 0 Å². The van der Waals surface area contributed by atoms with E-state index in [2.05, 4.69) is 20.8 Å². The van der Waals surface area contributed by atoms with Gasteiger partial charge in [0.1, 0.15) is 0 Å². The summed E-state index contributed by atoms with van der Waals surface area (Å²) in [7, 11) is -4.32. The van der Waals surface area contributed by atoms with Gasteiger partial charge in [-0.15, -0.1) is 0 Å². The van der Waals surface area contributed by atoms with E-state index < -0.39 is 10.4 Å². The predicted octanol–water partition coefficient (Wildman–Crippen LogP) is 2.02. The molecule has 0 saturated heterocycles. The van der Waals surface area contributed by atoms with Crippen LogP contribution >= 0.6 is 0 Å². The number of rotatable bonds is 2. The maximum absolute atomic E-state index is 10.8. The van der Waals surface area contributed by atoms with Gasteiger partial charge in [-0.1, -0.05) is 20.8 Å². The van der Waals surface area contributed by atoms with Gasteiger partial charge >= 0.3 is 10.4 Å². The fourth-order valence-electron chi connectivity index (χ4n) is 3.42. The first-order valence-corrected chi connectivity index (χ1v) is 6.69. The Morgan fingerprint density at radius 1 is 1.33 bits per heavy atom. The summed E-state index contributed by atoms with van der Waals surface area (Å²) in [5, 5.41) is 0. The van der Waals surface area contributed by atoms with Crippen LogP contribution in [-0.4, -0.2) is 19.1 Å². The Morgan fingerprint density at radius 3 is 2.27 bits per heavy atom. The quantitative estimate of drug-likeness (QED) is 0.742. The molecule has 15 heavy (non-hydrogen) atoms. The van der Waals surface area contributed by atoms with E-state index in [4.69, 9.17) is 8.74 Å². The summed E-state index contributed by atoms with van der Waals surface area (Å²) in [6, 6.07) is 0. The number of hydrogen-bond donors (Lipinski definition) is 1. The van der Waals surface area contributed by atoms with Crippen LogP contribution in [0.4, 0.5) is 0 Å². The van der Waals surface area contributed by atoms with Crippen molar-refractivity contribution in [2.45, 2.75) is 46.1 Å². The molecule has 2 aliphatic carbocycles. The van der Waals surface area contributed by atoms with Gasteiger partial charge in [-0.05, 0) is 30.6 Å². The molecule has 1 N–H and O–H groups in total. The van der Waals surface area contributed by atoms with Crippen LogP contribution in [0.3, 0.4) is 0 Å². The van der Waals surface area contributed by atoms with E-state index in [1.54, 1.807) is 0 Å². The van der Waals surface area contributed by atoms with E-state index in [1.165, 1.54) is 0 Å². The van der Waals surface area contributed by atoms with Gasteiger partial charge < -0.3 is 0 Å². The lowest BCUT2D eigenvalue weighted by atomic mass is 9.70. The van der Waals surface area contributed by atoms with Crippen LogP contribution in [0.2, 0.25) is 0 Å². The molecule has 2 aliphatic rings. The summed E-state index contributed by atoms with van der Waals surface area (Å²) >= 11 is 0. The third-order valence-electron chi connectivity index (χ3n) is 4.95. The Balaban J connectivity index is 2.27. The SMILES string of the molecule is CC1(C)[C@H]2CC[C@]1(C)[C@H](OS(=O)(=O)O)C2. The van der Waals surface area contributed by atoms with Crippen LogP contribution in [0.1, 0.15) is 40.0 Å². The fraction of sp³-hybridized carbons (Fsp3) is 1.00. The Bertz CT molecular complexity index is 373. The molecule has 0 unspecified atom stereocenters. The van der Waals surface area contributed by atoms with Gasteiger partial charge in [0.2, 0.25) is 0 Å². The van der Waals surface area contributed by atoms with Gasteiger partial charge in [-0.25, -0.2) is 4.18 Å². The van der Waals surface area contributed by atoms with E-state index >= 15 is 0 Å². The van der Waals surface area contributed by atoms with Crippen LogP contribution < -0.4 is 0 Å². The lowest BCUT2D eigenvalue weighted by Gasteiger charge is -2.37. The van der Waals surface area contributed by atoms with Crippen molar-refractivity contribution < 1.29 is 17.2 Å². The van der Waals surface area contributed by atoms with Gasteiger partial charge in [0, 0.05) is 5.41 Å².